The van der Waals surface area contributed by atoms with Crippen molar-refractivity contribution in [3.63, 3.8) is 0 Å². The van der Waals surface area contributed by atoms with Gasteiger partial charge in [-0.2, -0.15) is 0 Å². The summed E-state index contributed by atoms with van der Waals surface area (Å²) in [5.74, 6) is 0.565. The summed E-state index contributed by atoms with van der Waals surface area (Å²) in [6, 6.07) is 8.45. The fourth-order valence-electron chi connectivity index (χ4n) is 2.88. The Balaban J connectivity index is 1.68. The number of rotatable bonds is 5. The molecule has 1 aromatic carbocycles. The van der Waals surface area contributed by atoms with Gasteiger partial charge in [-0.3, -0.25) is 4.79 Å². The zero-order valence-corrected chi connectivity index (χ0v) is 14.5. The zero-order valence-electron chi connectivity index (χ0n) is 13.7. The van der Waals surface area contributed by atoms with Gasteiger partial charge in [0.25, 0.3) is 0 Å². The van der Waals surface area contributed by atoms with E-state index in [-0.39, 0.29) is 11.9 Å². The molecule has 2 heterocycles. The van der Waals surface area contributed by atoms with Crippen molar-refractivity contribution in [2.75, 3.05) is 20.2 Å². The van der Waals surface area contributed by atoms with E-state index in [1.165, 1.54) is 11.0 Å². The van der Waals surface area contributed by atoms with Gasteiger partial charge < -0.3 is 10.1 Å². The predicted octanol–water partition coefficient (Wildman–Crippen LogP) is 3.02. The van der Waals surface area contributed by atoms with Crippen LogP contribution in [0, 0.1) is 0 Å². The molecule has 0 radical (unpaired) electrons. The molecule has 2 aromatic rings. The maximum absolute atomic E-state index is 11.4. The third-order valence-electron chi connectivity index (χ3n) is 4.14. The fourth-order valence-corrected chi connectivity index (χ4v) is 3.97. The standard InChI is InChI=1S/C18H21N3O2S/c1-3-17(22)20-13-8-11-21(12-9-13)24-16-6-4-5-15-14(16)7-10-19-18(15)23-2/h3-7,10,13H,1,8-9,11-12H2,2H3,(H,20,22). The predicted molar refractivity (Wildman–Crippen MR) is 97.1 cm³/mol. The summed E-state index contributed by atoms with van der Waals surface area (Å²) in [7, 11) is 1.64. The number of piperidine rings is 1. The van der Waals surface area contributed by atoms with Crippen LogP contribution in [0.3, 0.4) is 0 Å². The van der Waals surface area contributed by atoms with Crippen molar-refractivity contribution < 1.29 is 9.53 Å². The summed E-state index contributed by atoms with van der Waals surface area (Å²) in [4.78, 5) is 16.9. The molecule has 0 atom stereocenters. The Morgan fingerprint density at radius 3 is 2.88 bits per heavy atom. The second-order valence-corrected chi connectivity index (χ2v) is 6.82. The molecule has 0 aliphatic carbocycles. The maximum Gasteiger partial charge on any atom is 0.243 e. The number of nitrogens with one attached hydrogen (secondary N) is 1. The molecule has 0 unspecified atom stereocenters. The first-order chi connectivity index (χ1) is 11.7. The molecule has 1 amide bonds. The second-order valence-electron chi connectivity index (χ2n) is 5.68. The molecule has 1 aliphatic heterocycles. The fraction of sp³-hybridized carbons (Fsp3) is 0.333. The van der Waals surface area contributed by atoms with Crippen molar-refractivity contribution in [3.05, 3.63) is 43.1 Å². The van der Waals surface area contributed by atoms with Gasteiger partial charge in [0.15, 0.2) is 0 Å². The van der Waals surface area contributed by atoms with Gasteiger partial charge in [-0.05, 0) is 49.1 Å². The number of hydrogen-bond donors (Lipinski definition) is 1. The molecule has 0 spiro atoms. The van der Waals surface area contributed by atoms with E-state index in [0.717, 1.165) is 36.7 Å². The monoisotopic (exact) mass is 343 g/mol. The summed E-state index contributed by atoms with van der Waals surface area (Å²) >= 11 is 1.76. The van der Waals surface area contributed by atoms with Crippen molar-refractivity contribution >= 4 is 28.6 Å². The number of carbonyl (C=O) groups excluding carboxylic acids is 1. The van der Waals surface area contributed by atoms with Crippen LogP contribution in [0.1, 0.15) is 12.8 Å². The van der Waals surface area contributed by atoms with Gasteiger partial charge in [0.2, 0.25) is 11.8 Å². The van der Waals surface area contributed by atoms with Gasteiger partial charge in [0.05, 0.1) is 7.11 Å². The molecule has 1 aromatic heterocycles. The van der Waals surface area contributed by atoms with Crippen LogP contribution in [-0.2, 0) is 4.79 Å². The first-order valence-electron chi connectivity index (χ1n) is 7.99. The summed E-state index contributed by atoms with van der Waals surface area (Å²) in [6.07, 6.45) is 5.01. The molecule has 126 valence electrons. The number of ether oxygens (including phenoxy) is 1. The Bertz CT molecular complexity index is 742. The Labute approximate surface area is 146 Å². The number of benzene rings is 1. The summed E-state index contributed by atoms with van der Waals surface area (Å²) in [5, 5.41) is 5.16. The van der Waals surface area contributed by atoms with Crippen LogP contribution in [0.4, 0.5) is 0 Å². The molecular formula is C18H21N3O2S. The average molecular weight is 343 g/mol. The molecule has 1 N–H and O–H groups in total. The third kappa shape index (κ3) is 3.71. The lowest BCUT2D eigenvalue weighted by Gasteiger charge is -2.31. The van der Waals surface area contributed by atoms with Gasteiger partial charge >= 0.3 is 0 Å². The molecule has 0 saturated carbocycles. The SMILES string of the molecule is C=CC(=O)NC1CCN(Sc2cccc3c(OC)nccc23)CC1. The highest BCUT2D eigenvalue weighted by Crippen LogP contribution is 2.34. The quantitative estimate of drug-likeness (QED) is 0.668. The van der Waals surface area contributed by atoms with E-state index in [2.05, 4.69) is 27.3 Å². The lowest BCUT2D eigenvalue weighted by Crippen LogP contribution is -2.42. The number of amides is 1. The van der Waals surface area contributed by atoms with E-state index in [4.69, 9.17) is 4.74 Å². The van der Waals surface area contributed by atoms with E-state index >= 15 is 0 Å². The molecule has 3 rings (SSSR count). The molecule has 1 aliphatic rings. The molecule has 6 heteroatoms. The number of carbonyl (C=O) groups is 1. The minimum Gasteiger partial charge on any atom is -0.481 e. The van der Waals surface area contributed by atoms with E-state index in [0.29, 0.717) is 5.88 Å². The van der Waals surface area contributed by atoms with Crippen LogP contribution >= 0.6 is 11.9 Å². The third-order valence-corrected chi connectivity index (χ3v) is 5.31. The number of aromatic nitrogens is 1. The molecule has 1 fully saturated rings. The van der Waals surface area contributed by atoms with Crippen molar-refractivity contribution in [1.29, 1.82) is 0 Å². The van der Waals surface area contributed by atoms with Crippen molar-refractivity contribution in [3.8, 4) is 5.88 Å². The van der Waals surface area contributed by atoms with Gasteiger partial charge in [-0.1, -0.05) is 12.6 Å². The number of methoxy groups -OCH3 is 1. The molecule has 1 saturated heterocycles. The normalized spacial score (nSPS) is 16.0. The smallest absolute Gasteiger partial charge is 0.243 e. The molecule has 5 nitrogen and oxygen atoms in total. The minimum atomic E-state index is -0.0882. The second kappa shape index (κ2) is 7.68. The van der Waals surface area contributed by atoms with Crippen LogP contribution in [0.15, 0.2) is 48.0 Å². The first-order valence-corrected chi connectivity index (χ1v) is 8.76. The minimum absolute atomic E-state index is 0.0882. The Morgan fingerprint density at radius 2 is 2.17 bits per heavy atom. The number of nitrogens with zero attached hydrogens (tertiary/aromatic N) is 2. The van der Waals surface area contributed by atoms with E-state index in [9.17, 15) is 4.79 Å². The van der Waals surface area contributed by atoms with Gasteiger partial charge in [0.1, 0.15) is 0 Å². The summed E-state index contributed by atoms with van der Waals surface area (Å²) in [6.45, 7) is 5.37. The van der Waals surface area contributed by atoms with Crippen molar-refractivity contribution in [1.82, 2.24) is 14.6 Å². The first kappa shape index (κ1) is 16.8. The van der Waals surface area contributed by atoms with Crippen LogP contribution in [0.2, 0.25) is 0 Å². The van der Waals surface area contributed by atoms with E-state index < -0.39 is 0 Å². The van der Waals surface area contributed by atoms with Crippen LogP contribution < -0.4 is 10.1 Å². The van der Waals surface area contributed by atoms with Gasteiger partial charge in [-0.15, -0.1) is 0 Å². The van der Waals surface area contributed by atoms with Gasteiger partial charge in [-0.25, -0.2) is 9.29 Å². The lowest BCUT2D eigenvalue weighted by atomic mass is 10.1. The van der Waals surface area contributed by atoms with Crippen molar-refractivity contribution in [2.24, 2.45) is 0 Å². The Kier molecular flexibility index (Phi) is 5.37. The Morgan fingerprint density at radius 1 is 1.38 bits per heavy atom. The highest BCUT2D eigenvalue weighted by molar-refractivity contribution is 7.97. The zero-order chi connectivity index (χ0) is 16.9. The highest BCUT2D eigenvalue weighted by atomic mass is 32.2. The Hall–Kier alpha value is -2.05. The highest BCUT2D eigenvalue weighted by Gasteiger charge is 2.21. The number of hydrogen-bond acceptors (Lipinski definition) is 5. The van der Waals surface area contributed by atoms with Crippen LogP contribution in [0.25, 0.3) is 10.8 Å². The average Bonchev–Trinajstić information content (AvgIpc) is 2.63. The van der Waals surface area contributed by atoms with Crippen LogP contribution in [0.5, 0.6) is 5.88 Å². The van der Waals surface area contributed by atoms with E-state index in [1.54, 1.807) is 25.3 Å². The largest absolute Gasteiger partial charge is 0.481 e. The molecule has 24 heavy (non-hydrogen) atoms. The maximum atomic E-state index is 11.4. The van der Waals surface area contributed by atoms with Gasteiger partial charge in [0, 0.05) is 41.0 Å². The summed E-state index contributed by atoms with van der Waals surface area (Å²) < 4.78 is 7.70. The molecular weight excluding hydrogens is 322 g/mol. The number of fused-ring (bicyclic) bond motifs is 1. The van der Waals surface area contributed by atoms with Crippen molar-refractivity contribution in [2.45, 2.75) is 23.8 Å². The lowest BCUT2D eigenvalue weighted by molar-refractivity contribution is -0.117. The van der Waals surface area contributed by atoms with E-state index in [1.807, 2.05) is 18.2 Å². The topological polar surface area (TPSA) is 54.5 Å². The number of pyridine rings is 1. The van der Waals surface area contributed by atoms with Crippen LogP contribution in [-0.4, -0.2) is 41.4 Å². The summed E-state index contributed by atoms with van der Waals surface area (Å²) in [5.41, 5.74) is 0. The molecule has 0 bridgehead atoms.